The Morgan fingerprint density at radius 3 is 2.79 bits per heavy atom. The molecule has 1 heterocycles. The van der Waals surface area contributed by atoms with Gasteiger partial charge in [0.25, 0.3) is 0 Å². The molecule has 0 aliphatic carbocycles. The van der Waals surface area contributed by atoms with Gasteiger partial charge in [0.1, 0.15) is 0 Å². The van der Waals surface area contributed by atoms with Crippen LogP contribution >= 0.6 is 11.8 Å². The zero-order valence-corrected chi connectivity index (χ0v) is 8.68. The van der Waals surface area contributed by atoms with E-state index in [0.29, 0.717) is 12.6 Å². The van der Waals surface area contributed by atoms with Gasteiger partial charge in [-0.15, -0.1) is 0 Å². The van der Waals surface area contributed by atoms with Crippen LogP contribution < -0.4 is 10.6 Å². The summed E-state index contributed by atoms with van der Waals surface area (Å²) in [6.45, 7) is 0.513. The molecular weight excluding hydrogens is 213 g/mol. The van der Waals surface area contributed by atoms with Crippen molar-refractivity contribution in [1.29, 1.82) is 0 Å². The summed E-state index contributed by atoms with van der Waals surface area (Å²) in [6.07, 6.45) is -3.32. The van der Waals surface area contributed by atoms with Gasteiger partial charge in [-0.1, -0.05) is 0 Å². The fraction of sp³-hybridized carbons (Fsp3) is 1.00. The van der Waals surface area contributed by atoms with E-state index in [0.717, 1.165) is 24.5 Å². The lowest BCUT2D eigenvalue weighted by Crippen LogP contribution is -2.40. The van der Waals surface area contributed by atoms with E-state index in [1.54, 1.807) is 0 Å². The van der Waals surface area contributed by atoms with Gasteiger partial charge in [-0.3, -0.25) is 0 Å². The topological polar surface area (TPSA) is 24.1 Å². The standard InChI is InChI=1S/C8H15F3N2S/c9-8(10,11)6-12-2-1-7-5-14-4-3-13-7/h7,12-13H,1-6H2. The van der Waals surface area contributed by atoms with E-state index in [2.05, 4.69) is 10.6 Å². The van der Waals surface area contributed by atoms with Gasteiger partial charge in [-0.05, 0) is 13.0 Å². The molecule has 0 aromatic rings. The fourth-order valence-corrected chi connectivity index (χ4v) is 2.31. The molecule has 0 spiro atoms. The lowest BCUT2D eigenvalue weighted by Gasteiger charge is -2.23. The van der Waals surface area contributed by atoms with Crippen LogP contribution in [0, 0.1) is 0 Å². The van der Waals surface area contributed by atoms with Crippen LogP contribution in [0.15, 0.2) is 0 Å². The van der Waals surface area contributed by atoms with Crippen molar-refractivity contribution in [2.24, 2.45) is 0 Å². The van der Waals surface area contributed by atoms with Crippen LogP contribution in [0.2, 0.25) is 0 Å². The third-order valence-electron chi connectivity index (χ3n) is 1.99. The Morgan fingerprint density at radius 1 is 1.43 bits per heavy atom. The Morgan fingerprint density at radius 2 is 2.21 bits per heavy atom. The van der Waals surface area contributed by atoms with Gasteiger partial charge in [-0.2, -0.15) is 24.9 Å². The van der Waals surface area contributed by atoms with Crippen molar-refractivity contribution in [3.05, 3.63) is 0 Å². The molecule has 1 saturated heterocycles. The number of rotatable bonds is 4. The van der Waals surface area contributed by atoms with Crippen LogP contribution in [0.4, 0.5) is 13.2 Å². The molecule has 1 rings (SSSR count). The molecule has 0 radical (unpaired) electrons. The van der Waals surface area contributed by atoms with E-state index in [4.69, 9.17) is 0 Å². The molecule has 1 unspecified atom stereocenters. The highest BCUT2D eigenvalue weighted by atomic mass is 32.2. The molecule has 0 saturated carbocycles. The van der Waals surface area contributed by atoms with Crippen LogP contribution in [0.3, 0.4) is 0 Å². The van der Waals surface area contributed by atoms with Gasteiger partial charge >= 0.3 is 6.18 Å². The second-order valence-electron chi connectivity index (χ2n) is 3.31. The number of nitrogens with one attached hydrogen (secondary N) is 2. The first-order valence-electron chi connectivity index (χ1n) is 4.66. The quantitative estimate of drug-likeness (QED) is 0.708. The maximum Gasteiger partial charge on any atom is 0.401 e. The molecular formula is C8H15F3N2S. The van der Waals surface area contributed by atoms with E-state index >= 15 is 0 Å². The van der Waals surface area contributed by atoms with Gasteiger partial charge in [-0.25, -0.2) is 0 Å². The van der Waals surface area contributed by atoms with Crippen molar-refractivity contribution < 1.29 is 13.2 Å². The average molecular weight is 228 g/mol. The van der Waals surface area contributed by atoms with E-state index in [-0.39, 0.29) is 0 Å². The summed E-state index contributed by atoms with van der Waals surface area (Å²) >= 11 is 1.85. The highest BCUT2D eigenvalue weighted by Gasteiger charge is 2.26. The van der Waals surface area contributed by atoms with Gasteiger partial charge in [0, 0.05) is 24.1 Å². The Hall–Kier alpha value is 0.0600. The summed E-state index contributed by atoms with van der Waals surface area (Å²) in [6, 6.07) is 0.370. The minimum Gasteiger partial charge on any atom is -0.312 e. The lowest BCUT2D eigenvalue weighted by molar-refractivity contribution is -0.124. The number of hydrogen-bond acceptors (Lipinski definition) is 3. The van der Waals surface area contributed by atoms with Crippen molar-refractivity contribution in [2.75, 3.05) is 31.1 Å². The zero-order valence-electron chi connectivity index (χ0n) is 7.86. The summed E-state index contributed by atoms with van der Waals surface area (Å²) in [4.78, 5) is 0. The smallest absolute Gasteiger partial charge is 0.312 e. The van der Waals surface area contributed by atoms with Gasteiger partial charge in [0.15, 0.2) is 0 Å². The molecule has 84 valence electrons. The van der Waals surface area contributed by atoms with Crippen LogP contribution in [-0.4, -0.2) is 43.4 Å². The van der Waals surface area contributed by atoms with Crippen LogP contribution in [0.5, 0.6) is 0 Å². The van der Waals surface area contributed by atoms with Crippen LogP contribution in [0.1, 0.15) is 6.42 Å². The molecule has 6 heteroatoms. The molecule has 0 aromatic carbocycles. The van der Waals surface area contributed by atoms with Crippen LogP contribution in [-0.2, 0) is 0 Å². The Balaban J connectivity index is 1.97. The minimum absolute atomic E-state index is 0.370. The van der Waals surface area contributed by atoms with Crippen LogP contribution in [0.25, 0.3) is 0 Å². The highest BCUT2D eigenvalue weighted by Crippen LogP contribution is 2.13. The predicted octanol–water partition coefficient (Wildman–Crippen LogP) is 1.23. The molecule has 1 aliphatic rings. The number of alkyl halides is 3. The van der Waals surface area contributed by atoms with Crippen molar-refractivity contribution in [2.45, 2.75) is 18.6 Å². The molecule has 14 heavy (non-hydrogen) atoms. The van der Waals surface area contributed by atoms with E-state index in [9.17, 15) is 13.2 Å². The third kappa shape index (κ3) is 5.72. The van der Waals surface area contributed by atoms with Crippen molar-refractivity contribution in [1.82, 2.24) is 10.6 Å². The SMILES string of the molecule is FC(F)(F)CNCCC1CSCCN1. The Kier molecular flexibility index (Phi) is 5.05. The average Bonchev–Trinajstić information content (AvgIpc) is 2.13. The Bertz CT molecular complexity index is 157. The van der Waals surface area contributed by atoms with Gasteiger partial charge in [0.2, 0.25) is 0 Å². The van der Waals surface area contributed by atoms with Gasteiger partial charge in [0.05, 0.1) is 6.54 Å². The van der Waals surface area contributed by atoms with Crippen molar-refractivity contribution in [3.8, 4) is 0 Å². The predicted molar refractivity (Wildman–Crippen MR) is 52.7 cm³/mol. The molecule has 1 fully saturated rings. The van der Waals surface area contributed by atoms with Crippen molar-refractivity contribution in [3.63, 3.8) is 0 Å². The first-order valence-corrected chi connectivity index (χ1v) is 5.82. The summed E-state index contributed by atoms with van der Waals surface area (Å²) in [5.74, 6) is 2.11. The first kappa shape index (κ1) is 12.1. The highest BCUT2D eigenvalue weighted by molar-refractivity contribution is 7.99. The molecule has 0 bridgehead atoms. The summed E-state index contributed by atoms with van der Waals surface area (Å²) in [7, 11) is 0. The summed E-state index contributed by atoms with van der Waals surface area (Å²) in [5, 5.41) is 5.67. The summed E-state index contributed by atoms with van der Waals surface area (Å²) in [5.41, 5.74) is 0. The lowest BCUT2D eigenvalue weighted by atomic mass is 10.2. The first-order chi connectivity index (χ1) is 6.58. The third-order valence-corrected chi connectivity index (χ3v) is 3.12. The van der Waals surface area contributed by atoms with E-state index < -0.39 is 12.7 Å². The molecule has 2 nitrogen and oxygen atoms in total. The second-order valence-corrected chi connectivity index (χ2v) is 4.46. The second kappa shape index (κ2) is 5.82. The fourth-order valence-electron chi connectivity index (χ4n) is 1.31. The number of hydrogen-bond donors (Lipinski definition) is 2. The largest absolute Gasteiger partial charge is 0.401 e. The number of halogens is 3. The monoisotopic (exact) mass is 228 g/mol. The van der Waals surface area contributed by atoms with E-state index in [1.165, 1.54) is 0 Å². The molecule has 1 aliphatic heterocycles. The van der Waals surface area contributed by atoms with Gasteiger partial charge < -0.3 is 10.6 Å². The molecule has 1 atom stereocenters. The summed E-state index contributed by atoms with van der Waals surface area (Å²) < 4.78 is 35.2. The van der Waals surface area contributed by atoms with E-state index in [1.807, 2.05) is 11.8 Å². The minimum atomic E-state index is -4.09. The molecule has 0 amide bonds. The number of thioether (sulfide) groups is 1. The molecule has 2 N–H and O–H groups in total. The normalized spacial score (nSPS) is 23.8. The maximum atomic E-state index is 11.7. The maximum absolute atomic E-state index is 11.7. The Labute approximate surface area is 86.0 Å². The zero-order chi connectivity index (χ0) is 10.4. The molecule has 0 aromatic heterocycles. The van der Waals surface area contributed by atoms with Crippen molar-refractivity contribution >= 4 is 11.8 Å².